The third-order valence-electron chi connectivity index (χ3n) is 3.58. The highest BCUT2D eigenvalue weighted by molar-refractivity contribution is 7.89. The van der Waals surface area contributed by atoms with Crippen LogP contribution in [0.4, 0.5) is 0 Å². The third-order valence-corrected chi connectivity index (χ3v) is 5.39. The average molecular weight is 373 g/mol. The Balaban J connectivity index is 2.40. The molecule has 0 saturated heterocycles. The smallest absolute Gasteiger partial charge is 0.335 e. The fourth-order valence-electron chi connectivity index (χ4n) is 2.22. The third kappa shape index (κ3) is 4.63. The summed E-state index contributed by atoms with van der Waals surface area (Å²) >= 11 is 0. The van der Waals surface area contributed by atoms with Gasteiger partial charge in [0, 0.05) is 6.54 Å². The fourth-order valence-corrected chi connectivity index (χ4v) is 3.55. The van der Waals surface area contributed by atoms with E-state index in [4.69, 9.17) is 15.6 Å². The first-order valence-corrected chi connectivity index (χ1v) is 9.15. The minimum atomic E-state index is -3.88. The lowest BCUT2D eigenvalue weighted by molar-refractivity contribution is -0.136. The standard InChI is InChI=1S/C19H19NO5S/c1-4-11-20(26(22,23)18-9-7-15(2)8-10-18)14-16(19(21)24-3)13-17-6-5-12-25-17/h1,5-10,12-13H,11,14H2,2-3H3/b16-13+. The Morgan fingerprint density at radius 1 is 1.31 bits per heavy atom. The van der Waals surface area contributed by atoms with Gasteiger partial charge >= 0.3 is 5.97 Å². The van der Waals surface area contributed by atoms with Gasteiger partial charge in [-0.05, 0) is 37.3 Å². The second-order valence-electron chi connectivity index (χ2n) is 5.47. The predicted octanol–water partition coefficient (Wildman–Crippen LogP) is 2.47. The summed E-state index contributed by atoms with van der Waals surface area (Å²) in [5.41, 5.74) is 1.04. The van der Waals surface area contributed by atoms with E-state index in [1.54, 1.807) is 24.3 Å². The molecule has 0 aliphatic rings. The number of nitrogens with zero attached hydrogens (tertiary/aromatic N) is 1. The summed E-state index contributed by atoms with van der Waals surface area (Å²) in [7, 11) is -2.66. The number of methoxy groups -OCH3 is 1. The molecule has 1 aromatic carbocycles. The van der Waals surface area contributed by atoms with Gasteiger partial charge in [0.1, 0.15) is 5.76 Å². The molecule has 2 aromatic rings. The molecule has 0 bridgehead atoms. The van der Waals surface area contributed by atoms with Gasteiger partial charge in [0.05, 0.1) is 30.4 Å². The van der Waals surface area contributed by atoms with Gasteiger partial charge in [-0.3, -0.25) is 0 Å². The van der Waals surface area contributed by atoms with Crippen molar-refractivity contribution >= 4 is 22.1 Å². The largest absolute Gasteiger partial charge is 0.466 e. The van der Waals surface area contributed by atoms with E-state index in [1.165, 1.54) is 31.6 Å². The van der Waals surface area contributed by atoms with E-state index in [0.717, 1.165) is 9.87 Å². The second-order valence-corrected chi connectivity index (χ2v) is 7.40. The summed E-state index contributed by atoms with van der Waals surface area (Å²) in [6.45, 7) is 1.42. The summed E-state index contributed by atoms with van der Waals surface area (Å²) in [6, 6.07) is 9.69. The molecule has 6 nitrogen and oxygen atoms in total. The molecule has 26 heavy (non-hydrogen) atoms. The van der Waals surface area contributed by atoms with Gasteiger partial charge in [0.2, 0.25) is 10.0 Å². The Morgan fingerprint density at radius 2 is 2.00 bits per heavy atom. The minimum absolute atomic E-state index is 0.0977. The molecule has 0 atom stereocenters. The van der Waals surface area contributed by atoms with Crippen molar-refractivity contribution in [3.63, 3.8) is 0 Å². The van der Waals surface area contributed by atoms with Crippen molar-refractivity contribution in [3.05, 3.63) is 59.6 Å². The number of aryl methyl sites for hydroxylation is 1. The Bertz CT molecular complexity index is 919. The van der Waals surface area contributed by atoms with E-state index >= 15 is 0 Å². The summed E-state index contributed by atoms with van der Waals surface area (Å²) in [5.74, 6) is 2.06. The van der Waals surface area contributed by atoms with Crippen molar-refractivity contribution in [2.24, 2.45) is 0 Å². The van der Waals surface area contributed by atoms with Gasteiger partial charge in [-0.15, -0.1) is 6.42 Å². The molecule has 0 aliphatic heterocycles. The van der Waals surface area contributed by atoms with Crippen LogP contribution in [-0.4, -0.2) is 38.9 Å². The van der Waals surface area contributed by atoms with Crippen LogP contribution in [0.3, 0.4) is 0 Å². The lowest BCUT2D eigenvalue weighted by Crippen LogP contribution is -2.34. The SMILES string of the molecule is C#CCN(C/C(=C\c1ccco1)C(=O)OC)S(=O)(=O)c1ccc(C)cc1. The number of esters is 1. The molecular weight excluding hydrogens is 354 g/mol. The van der Waals surface area contributed by atoms with Crippen molar-refractivity contribution in [2.75, 3.05) is 20.2 Å². The van der Waals surface area contributed by atoms with Crippen LogP contribution in [-0.2, 0) is 19.6 Å². The molecule has 7 heteroatoms. The van der Waals surface area contributed by atoms with E-state index in [0.29, 0.717) is 5.76 Å². The maximum atomic E-state index is 12.9. The quantitative estimate of drug-likeness (QED) is 0.423. The first-order valence-electron chi connectivity index (χ1n) is 7.71. The zero-order chi connectivity index (χ0) is 19.2. The topological polar surface area (TPSA) is 76.8 Å². The minimum Gasteiger partial charge on any atom is -0.466 e. The van der Waals surface area contributed by atoms with E-state index in [-0.39, 0.29) is 23.6 Å². The van der Waals surface area contributed by atoms with E-state index in [9.17, 15) is 13.2 Å². The van der Waals surface area contributed by atoms with Gasteiger partial charge in [-0.2, -0.15) is 4.31 Å². The number of terminal acetylenes is 1. The van der Waals surface area contributed by atoms with Crippen LogP contribution in [0.2, 0.25) is 0 Å². The number of ether oxygens (including phenoxy) is 1. The highest BCUT2D eigenvalue weighted by atomic mass is 32.2. The van der Waals surface area contributed by atoms with Crippen LogP contribution >= 0.6 is 0 Å². The fraction of sp³-hybridized carbons (Fsp3) is 0.211. The number of furan rings is 1. The molecule has 0 unspecified atom stereocenters. The Hall–Kier alpha value is -2.82. The number of carbonyl (C=O) groups excluding carboxylic acids is 1. The van der Waals surface area contributed by atoms with Crippen LogP contribution in [0.15, 0.2) is 57.5 Å². The Kier molecular flexibility index (Phi) is 6.39. The van der Waals surface area contributed by atoms with Gasteiger partial charge in [0.25, 0.3) is 0 Å². The molecule has 0 aliphatic carbocycles. The van der Waals surface area contributed by atoms with E-state index in [2.05, 4.69) is 5.92 Å². The zero-order valence-corrected chi connectivity index (χ0v) is 15.3. The number of rotatable bonds is 7. The van der Waals surface area contributed by atoms with Crippen molar-refractivity contribution in [2.45, 2.75) is 11.8 Å². The van der Waals surface area contributed by atoms with Gasteiger partial charge in [-0.25, -0.2) is 13.2 Å². The number of hydrogen-bond donors (Lipinski definition) is 0. The number of hydrogen-bond acceptors (Lipinski definition) is 5. The summed E-state index contributed by atoms with van der Waals surface area (Å²) in [4.78, 5) is 12.2. The van der Waals surface area contributed by atoms with E-state index in [1.807, 2.05) is 6.92 Å². The molecule has 1 heterocycles. The van der Waals surface area contributed by atoms with Gasteiger partial charge < -0.3 is 9.15 Å². The zero-order valence-electron chi connectivity index (χ0n) is 14.5. The monoisotopic (exact) mass is 373 g/mol. The first-order chi connectivity index (χ1) is 12.4. The highest BCUT2D eigenvalue weighted by Crippen LogP contribution is 2.19. The van der Waals surface area contributed by atoms with Crippen LogP contribution < -0.4 is 0 Å². The molecule has 0 amide bonds. The molecule has 0 saturated carbocycles. The predicted molar refractivity (Wildman–Crippen MR) is 97.5 cm³/mol. The molecule has 136 valence electrons. The molecule has 0 fully saturated rings. The normalized spacial score (nSPS) is 12.0. The van der Waals surface area contributed by atoms with Crippen LogP contribution in [0.1, 0.15) is 11.3 Å². The number of benzene rings is 1. The Labute approximate surface area is 153 Å². The molecule has 0 radical (unpaired) electrons. The molecule has 0 spiro atoms. The lowest BCUT2D eigenvalue weighted by atomic mass is 10.2. The summed E-state index contributed by atoms with van der Waals surface area (Å²) < 4.78 is 36.8. The molecule has 2 rings (SSSR count). The highest BCUT2D eigenvalue weighted by Gasteiger charge is 2.27. The number of carbonyl (C=O) groups is 1. The van der Waals surface area contributed by atoms with Gasteiger partial charge in [0.15, 0.2) is 0 Å². The maximum Gasteiger partial charge on any atom is 0.335 e. The van der Waals surface area contributed by atoms with Crippen molar-refractivity contribution < 1.29 is 22.4 Å². The first kappa shape index (κ1) is 19.5. The summed E-state index contributed by atoms with van der Waals surface area (Å²) in [6.07, 6.45) is 8.22. The van der Waals surface area contributed by atoms with Crippen molar-refractivity contribution in [1.29, 1.82) is 0 Å². The maximum absolute atomic E-state index is 12.9. The van der Waals surface area contributed by atoms with Crippen molar-refractivity contribution in [3.8, 4) is 12.3 Å². The average Bonchev–Trinajstić information content (AvgIpc) is 3.13. The van der Waals surface area contributed by atoms with Crippen LogP contribution in [0, 0.1) is 19.3 Å². The molecule has 1 aromatic heterocycles. The summed E-state index contributed by atoms with van der Waals surface area (Å²) in [5, 5.41) is 0. The lowest BCUT2D eigenvalue weighted by Gasteiger charge is -2.20. The van der Waals surface area contributed by atoms with Crippen LogP contribution in [0.5, 0.6) is 0 Å². The van der Waals surface area contributed by atoms with Crippen LogP contribution in [0.25, 0.3) is 6.08 Å². The molecular formula is C19H19NO5S. The number of sulfonamides is 1. The Morgan fingerprint density at radius 3 is 2.54 bits per heavy atom. The molecule has 0 N–H and O–H groups in total. The van der Waals surface area contributed by atoms with Crippen molar-refractivity contribution in [1.82, 2.24) is 4.31 Å². The van der Waals surface area contributed by atoms with Gasteiger partial charge in [-0.1, -0.05) is 23.6 Å². The van der Waals surface area contributed by atoms with E-state index < -0.39 is 16.0 Å². The second kappa shape index (κ2) is 8.52.